The second-order valence-corrected chi connectivity index (χ2v) is 12.3. The van der Waals surface area contributed by atoms with Crippen molar-refractivity contribution in [3.05, 3.63) is 35.9 Å². The largest absolute Gasteiger partial charge is 0.462 e. The number of aliphatic hydroxyl groups is 1. The molecule has 0 amide bonds. The summed E-state index contributed by atoms with van der Waals surface area (Å²) in [6.07, 6.45) is -0.717. The molecule has 0 radical (unpaired) electrons. The van der Waals surface area contributed by atoms with E-state index in [9.17, 15) is 24.3 Å². The summed E-state index contributed by atoms with van der Waals surface area (Å²) in [6, 6.07) is 8.54. The molecule has 1 aromatic rings. The Hall–Kier alpha value is -2.78. The number of benzene rings is 1. The van der Waals surface area contributed by atoms with E-state index in [0.29, 0.717) is 12.0 Å². The minimum atomic E-state index is -1.82. The van der Waals surface area contributed by atoms with E-state index in [-0.39, 0.29) is 38.1 Å². The fraction of sp³-hybridized carbons (Fsp3) is 0.655. The van der Waals surface area contributed by atoms with Crippen molar-refractivity contribution in [1.82, 2.24) is 0 Å². The van der Waals surface area contributed by atoms with Crippen LogP contribution in [0.5, 0.6) is 0 Å². The van der Waals surface area contributed by atoms with Crippen molar-refractivity contribution >= 4 is 23.7 Å². The van der Waals surface area contributed by atoms with Gasteiger partial charge in [-0.15, -0.1) is 0 Å². The van der Waals surface area contributed by atoms with E-state index in [4.69, 9.17) is 18.9 Å². The Labute approximate surface area is 222 Å². The number of hydrogen-bond acceptors (Lipinski definition) is 9. The zero-order valence-corrected chi connectivity index (χ0v) is 22.6. The van der Waals surface area contributed by atoms with E-state index in [1.165, 1.54) is 13.8 Å². The van der Waals surface area contributed by atoms with Gasteiger partial charge in [-0.3, -0.25) is 14.4 Å². The number of rotatable bonds is 3. The van der Waals surface area contributed by atoms with Gasteiger partial charge in [0.05, 0.1) is 17.6 Å². The molecule has 1 N–H and O–H groups in total. The zero-order chi connectivity index (χ0) is 27.7. The first kappa shape index (κ1) is 26.8. The van der Waals surface area contributed by atoms with E-state index in [0.717, 1.165) is 0 Å². The minimum Gasteiger partial charge on any atom is -0.462 e. The number of carbonyl (C=O) groups is 4. The number of hydrogen-bond donors (Lipinski definition) is 1. The number of cyclic esters (lactones) is 1. The van der Waals surface area contributed by atoms with Crippen molar-refractivity contribution in [2.75, 3.05) is 6.61 Å². The maximum Gasteiger partial charge on any atom is 0.338 e. The van der Waals surface area contributed by atoms with E-state index in [1.54, 1.807) is 37.3 Å². The summed E-state index contributed by atoms with van der Waals surface area (Å²) in [7, 11) is 0. The third kappa shape index (κ3) is 3.65. The monoisotopic (exact) mass is 528 g/mol. The maximum atomic E-state index is 13.3. The second-order valence-electron chi connectivity index (χ2n) is 12.3. The van der Waals surface area contributed by atoms with Crippen LogP contribution >= 0.6 is 0 Å². The highest BCUT2D eigenvalue weighted by atomic mass is 16.6. The summed E-state index contributed by atoms with van der Waals surface area (Å²) in [4.78, 5) is 51.0. The summed E-state index contributed by atoms with van der Waals surface area (Å²) in [5.41, 5.74) is -5.62. The number of Topliss-reactive ketones (excluding diaryl/α,β-unsaturated/α-hetero) is 1. The number of esters is 3. The van der Waals surface area contributed by atoms with Crippen LogP contribution in [-0.2, 0) is 33.3 Å². The first-order valence-corrected chi connectivity index (χ1v) is 13.2. The Bertz CT molecular complexity index is 1180. The molecule has 2 saturated carbocycles. The molecular formula is C29H36O9. The first-order valence-electron chi connectivity index (χ1n) is 13.2. The molecule has 2 aliphatic heterocycles. The standard InChI is InChI=1S/C29H36O9/c1-17(30)36-22-14-29(15-23(32)35-16-29)38-25(2)13-21(37-24(33)18-9-7-6-8-10-18)27(4)19(26(22,25)3)11-12-20(31)28(27,5)34/h6-10,19,21-22,34H,11-16H2,1-5H3/t19-,21+,22+,25-,26-,27+,28+,29-/m1/s1. The highest BCUT2D eigenvalue weighted by Gasteiger charge is 2.77. The van der Waals surface area contributed by atoms with Gasteiger partial charge in [-0.25, -0.2) is 4.79 Å². The van der Waals surface area contributed by atoms with Gasteiger partial charge in [0.1, 0.15) is 30.0 Å². The number of fused-ring (bicyclic) bond motifs is 3. The molecule has 2 saturated heterocycles. The summed E-state index contributed by atoms with van der Waals surface area (Å²) in [5.74, 6) is -2.19. The van der Waals surface area contributed by atoms with Gasteiger partial charge in [0.15, 0.2) is 5.78 Å². The topological polar surface area (TPSA) is 125 Å². The highest BCUT2D eigenvalue weighted by molar-refractivity contribution is 5.90. The number of ether oxygens (including phenoxy) is 4. The lowest BCUT2D eigenvalue weighted by Crippen LogP contribution is -2.78. The number of ketones is 1. The van der Waals surface area contributed by atoms with Gasteiger partial charge in [0.25, 0.3) is 0 Å². The molecule has 1 aromatic carbocycles. The van der Waals surface area contributed by atoms with Crippen molar-refractivity contribution in [3.8, 4) is 0 Å². The van der Waals surface area contributed by atoms with Crippen molar-refractivity contribution in [2.45, 2.75) is 95.7 Å². The molecule has 2 heterocycles. The first-order chi connectivity index (χ1) is 17.7. The average molecular weight is 529 g/mol. The molecule has 0 aromatic heterocycles. The molecular weight excluding hydrogens is 492 g/mol. The number of carbonyl (C=O) groups excluding carboxylic acids is 4. The molecule has 1 spiro atoms. The van der Waals surface area contributed by atoms with Gasteiger partial charge >= 0.3 is 17.9 Å². The van der Waals surface area contributed by atoms with Gasteiger partial charge in [0.2, 0.25) is 0 Å². The molecule has 0 unspecified atom stereocenters. The van der Waals surface area contributed by atoms with Gasteiger partial charge in [-0.2, -0.15) is 0 Å². The third-order valence-electron chi connectivity index (χ3n) is 10.3. The molecule has 2 aliphatic carbocycles. The fourth-order valence-electron chi connectivity index (χ4n) is 7.93. The van der Waals surface area contributed by atoms with E-state index in [2.05, 4.69) is 0 Å². The molecule has 0 bridgehead atoms. The Morgan fingerprint density at radius 2 is 1.63 bits per heavy atom. The molecule has 9 heteroatoms. The quantitative estimate of drug-likeness (QED) is 0.465. The van der Waals surface area contributed by atoms with Crippen molar-refractivity contribution in [1.29, 1.82) is 0 Å². The summed E-state index contributed by atoms with van der Waals surface area (Å²) >= 11 is 0. The normalized spacial score (nSPS) is 44.1. The lowest BCUT2D eigenvalue weighted by molar-refractivity contribution is -0.350. The summed E-state index contributed by atoms with van der Waals surface area (Å²) < 4.78 is 24.2. The van der Waals surface area contributed by atoms with Crippen LogP contribution in [0.25, 0.3) is 0 Å². The predicted molar refractivity (Wildman–Crippen MR) is 133 cm³/mol. The third-order valence-corrected chi connectivity index (χ3v) is 10.3. The lowest BCUT2D eigenvalue weighted by Gasteiger charge is -2.70. The van der Waals surface area contributed by atoms with Crippen LogP contribution in [0.3, 0.4) is 0 Å². The average Bonchev–Trinajstić information content (AvgIpc) is 3.19. The van der Waals surface area contributed by atoms with Crippen LogP contribution in [0.15, 0.2) is 30.3 Å². The Balaban J connectivity index is 1.65. The maximum absolute atomic E-state index is 13.3. The van der Waals surface area contributed by atoms with E-state index in [1.807, 2.05) is 13.8 Å². The van der Waals surface area contributed by atoms with Gasteiger partial charge in [-0.1, -0.05) is 32.0 Å². The SMILES string of the molecule is CC(=O)O[C@H]1C[C@@]2(COC(=O)C2)O[C@]2(C)C[C@H](OC(=O)c3ccccc3)[C@]3(C)[C@H](CCC(=O)[C@]3(C)O)[C@]12C. The second kappa shape index (κ2) is 8.61. The Morgan fingerprint density at radius 1 is 0.974 bits per heavy atom. The van der Waals surface area contributed by atoms with E-state index < -0.39 is 63.7 Å². The van der Waals surface area contributed by atoms with Crippen LogP contribution < -0.4 is 0 Å². The molecule has 206 valence electrons. The lowest BCUT2D eigenvalue weighted by atomic mass is 9.39. The van der Waals surface area contributed by atoms with Crippen LogP contribution in [-0.4, -0.2) is 64.4 Å². The zero-order valence-electron chi connectivity index (χ0n) is 22.6. The van der Waals surface area contributed by atoms with Crippen LogP contribution in [0, 0.1) is 16.7 Å². The predicted octanol–water partition coefficient (Wildman–Crippen LogP) is 3.15. The van der Waals surface area contributed by atoms with Crippen LogP contribution in [0.4, 0.5) is 0 Å². The smallest absolute Gasteiger partial charge is 0.338 e. The van der Waals surface area contributed by atoms with Crippen LogP contribution in [0.2, 0.25) is 0 Å². The van der Waals surface area contributed by atoms with Gasteiger partial charge < -0.3 is 24.1 Å². The molecule has 8 atom stereocenters. The van der Waals surface area contributed by atoms with Gasteiger partial charge in [-0.05, 0) is 38.3 Å². The highest BCUT2D eigenvalue weighted by Crippen LogP contribution is 2.69. The molecule has 9 nitrogen and oxygen atoms in total. The summed E-state index contributed by atoms with van der Waals surface area (Å²) in [5, 5.41) is 11.8. The van der Waals surface area contributed by atoms with Crippen molar-refractivity contribution in [2.24, 2.45) is 16.7 Å². The Kier molecular flexibility index (Phi) is 6.08. The molecule has 38 heavy (non-hydrogen) atoms. The van der Waals surface area contributed by atoms with E-state index >= 15 is 0 Å². The van der Waals surface area contributed by atoms with Gasteiger partial charge in [0, 0.05) is 37.0 Å². The van der Waals surface area contributed by atoms with Crippen molar-refractivity contribution in [3.63, 3.8) is 0 Å². The molecule has 4 aliphatic rings. The van der Waals surface area contributed by atoms with Crippen molar-refractivity contribution < 1.29 is 43.2 Å². The summed E-state index contributed by atoms with van der Waals surface area (Å²) in [6.45, 7) is 8.51. The fourth-order valence-corrected chi connectivity index (χ4v) is 7.93. The molecule has 4 fully saturated rings. The molecule has 5 rings (SSSR count). The Morgan fingerprint density at radius 3 is 2.24 bits per heavy atom. The van der Waals surface area contributed by atoms with Crippen LogP contribution in [0.1, 0.15) is 77.1 Å². The minimum absolute atomic E-state index is 0.0169.